The second-order valence-corrected chi connectivity index (χ2v) is 5.96. The molecule has 1 aromatic rings. The molecule has 0 bridgehead atoms. The molecule has 26 heavy (non-hydrogen) atoms. The van der Waals surface area contributed by atoms with E-state index < -0.39 is 18.5 Å². The van der Waals surface area contributed by atoms with Gasteiger partial charge in [0.2, 0.25) is 5.91 Å². The number of nitrogens with zero attached hydrogens (tertiary/aromatic N) is 2. The summed E-state index contributed by atoms with van der Waals surface area (Å²) >= 11 is 0. The molecule has 1 amide bonds. The third kappa shape index (κ3) is 6.87. The number of hydrogen-bond donors (Lipinski definition) is 3. The van der Waals surface area contributed by atoms with Crippen molar-refractivity contribution in [2.45, 2.75) is 18.6 Å². The summed E-state index contributed by atoms with van der Waals surface area (Å²) in [6, 6.07) is 5.16. The summed E-state index contributed by atoms with van der Waals surface area (Å²) in [5.41, 5.74) is 0.458. The highest BCUT2D eigenvalue weighted by molar-refractivity contribution is 5.95. The average molecular weight is 375 g/mol. The lowest BCUT2D eigenvalue weighted by atomic mass is 10.3. The minimum atomic E-state index is -4.22. The molecule has 1 aromatic carbocycles. The second kappa shape index (κ2) is 8.84. The van der Waals surface area contributed by atoms with Gasteiger partial charge >= 0.3 is 6.18 Å². The van der Waals surface area contributed by atoms with Crippen LogP contribution in [0.1, 0.15) is 6.42 Å². The van der Waals surface area contributed by atoms with Crippen LogP contribution in [0, 0.1) is 5.82 Å². The lowest BCUT2D eigenvalue weighted by molar-refractivity contribution is -0.143. The molecule has 0 spiro atoms. The summed E-state index contributed by atoms with van der Waals surface area (Å²) in [5, 5.41) is 8.40. The molecule has 3 N–H and O–H groups in total. The first-order valence-electron chi connectivity index (χ1n) is 8.07. The highest BCUT2D eigenvalue weighted by Gasteiger charge is 2.34. The number of carbonyl (C=O) groups is 1. The van der Waals surface area contributed by atoms with Crippen LogP contribution in [0.4, 0.5) is 23.2 Å². The van der Waals surface area contributed by atoms with E-state index in [1.54, 1.807) is 0 Å². The van der Waals surface area contributed by atoms with E-state index in [-0.39, 0.29) is 25.0 Å². The monoisotopic (exact) mass is 375 g/mol. The summed E-state index contributed by atoms with van der Waals surface area (Å²) in [5.74, 6) is -0.426. The van der Waals surface area contributed by atoms with Gasteiger partial charge in [-0.1, -0.05) is 0 Å². The van der Waals surface area contributed by atoms with Crippen LogP contribution in [0.15, 0.2) is 29.3 Å². The molecular weight excluding hydrogens is 354 g/mol. The Morgan fingerprint density at radius 2 is 2.00 bits per heavy atom. The Bertz CT molecular complexity index is 633. The van der Waals surface area contributed by atoms with Gasteiger partial charge in [-0.15, -0.1) is 0 Å². The Balaban J connectivity index is 1.74. The zero-order valence-electron chi connectivity index (χ0n) is 14.2. The maximum Gasteiger partial charge on any atom is 0.401 e. The molecule has 1 aliphatic heterocycles. The third-order valence-electron chi connectivity index (χ3n) is 3.78. The van der Waals surface area contributed by atoms with Gasteiger partial charge in [-0.2, -0.15) is 13.2 Å². The standard InChI is InChI=1S/C16H21F4N5O/c1-21-15(24-13-6-7-25(9-13)10-16(18,19)20)22-8-14(26)23-12-4-2-11(17)3-5-12/h2-5,13H,6-10H2,1H3,(H,23,26)(H2,21,22,24). The van der Waals surface area contributed by atoms with E-state index in [4.69, 9.17) is 0 Å². The Kier molecular flexibility index (Phi) is 6.78. The molecule has 0 saturated carbocycles. The molecule has 6 nitrogen and oxygen atoms in total. The number of aliphatic imine (C=N–C) groups is 1. The molecular formula is C16H21F4N5O. The lowest BCUT2D eigenvalue weighted by Crippen LogP contribution is -2.47. The van der Waals surface area contributed by atoms with Gasteiger partial charge < -0.3 is 16.0 Å². The summed E-state index contributed by atoms with van der Waals surface area (Å²) in [7, 11) is 1.51. The number of nitrogens with one attached hydrogen (secondary N) is 3. The van der Waals surface area contributed by atoms with Crippen molar-refractivity contribution in [1.29, 1.82) is 0 Å². The fourth-order valence-electron chi connectivity index (χ4n) is 2.64. The van der Waals surface area contributed by atoms with E-state index in [9.17, 15) is 22.4 Å². The van der Waals surface area contributed by atoms with Gasteiger partial charge in [0.15, 0.2) is 5.96 Å². The fraction of sp³-hybridized carbons (Fsp3) is 0.500. The molecule has 1 fully saturated rings. The zero-order chi connectivity index (χ0) is 19.2. The average Bonchev–Trinajstić information content (AvgIpc) is 2.98. The Hall–Kier alpha value is -2.36. The van der Waals surface area contributed by atoms with Crippen LogP contribution >= 0.6 is 0 Å². The van der Waals surface area contributed by atoms with Crippen LogP contribution in [0.3, 0.4) is 0 Å². The van der Waals surface area contributed by atoms with Crippen LogP contribution < -0.4 is 16.0 Å². The van der Waals surface area contributed by atoms with Crippen molar-refractivity contribution in [2.75, 3.05) is 38.5 Å². The number of likely N-dealkylation sites (tertiary alicyclic amines) is 1. The number of halogens is 4. The summed E-state index contributed by atoms with van der Waals surface area (Å²) < 4.78 is 50.1. The third-order valence-corrected chi connectivity index (χ3v) is 3.78. The normalized spacial score (nSPS) is 18.7. The van der Waals surface area contributed by atoms with E-state index in [1.807, 2.05) is 0 Å². The van der Waals surface area contributed by atoms with Crippen LogP contribution in [-0.2, 0) is 4.79 Å². The Labute approximate surface area is 148 Å². The molecule has 0 aromatic heterocycles. The molecule has 1 heterocycles. The van der Waals surface area contributed by atoms with Crippen molar-refractivity contribution in [1.82, 2.24) is 15.5 Å². The summed E-state index contributed by atoms with van der Waals surface area (Å²) in [6.07, 6.45) is -3.66. The minimum Gasteiger partial charge on any atom is -0.352 e. The number of guanidine groups is 1. The predicted octanol–water partition coefficient (Wildman–Crippen LogP) is 1.57. The van der Waals surface area contributed by atoms with Gasteiger partial charge in [0.1, 0.15) is 5.82 Å². The first-order valence-corrected chi connectivity index (χ1v) is 8.07. The maximum absolute atomic E-state index is 12.8. The van der Waals surface area contributed by atoms with Gasteiger partial charge in [0.05, 0.1) is 13.1 Å². The van der Waals surface area contributed by atoms with Crippen molar-refractivity contribution in [3.05, 3.63) is 30.1 Å². The van der Waals surface area contributed by atoms with E-state index in [1.165, 1.54) is 36.2 Å². The Morgan fingerprint density at radius 1 is 1.31 bits per heavy atom. The molecule has 0 aliphatic carbocycles. The quantitative estimate of drug-likeness (QED) is 0.415. The van der Waals surface area contributed by atoms with E-state index in [2.05, 4.69) is 20.9 Å². The van der Waals surface area contributed by atoms with Gasteiger partial charge in [0, 0.05) is 31.9 Å². The van der Waals surface area contributed by atoms with Crippen LogP contribution in [0.5, 0.6) is 0 Å². The largest absolute Gasteiger partial charge is 0.401 e. The van der Waals surface area contributed by atoms with E-state index in [0.717, 1.165) is 0 Å². The summed E-state index contributed by atoms with van der Waals surface area (Å²) in [6.45, 7) is -0.422. The first-order chi connectivity index (χ1) is 12.2. The van der Waals surface area contributed by atoms with E-state index >= 15 is 0 Å². The number of benzene rings is 1. The highest BCUT2D eigenvalue weighted by Crippen LogP contribution is 2.19. The number of amides is 1. The van der Waals surface area contributed by atoms with Crippen molar-refractivity contribution >= 4 is 17.6 Å². The van der Waals surface area contributed by atoms with Crippen LogP contribution in [0.25, 0.3) is 0 Å². The second-order valence-electron chi connectivity index (χ2n) is 5.96. The maximum atomic E-state index is 12.8. The number of alkyl halides is 3. The van der Waals surface area contributed by atoms with Crippen molar-refractivity contribution in [2.24, 2.45) is 4.99 Å². The molecule has 144 valence electrons. The van der Waals surface area contributed by atoms with E-state index in [0.29, 0.717) is 24.6 Å². The molecule has 0 radical (unpaired) electrons. The SMILES string of the molecule is CN=C(NCC(=O)Nc1ccc(F)cc1)NC1CCN(CC(F)(F)F)C1. The van der Waals surface area contributed by atoms with Gasteiger partial charge in [-0.25, -0.2) is 4.39 Å². The molecule has 1 aliphatic rings. The lowest BCUT2D eigenvalue weighted by Gasteiger charge is -2.19. The first kappa shape index (κ1) is 20.0. The van der Waals surface area contributed by atoms with Crippen molar-refractivity contribution in [3.8, 4) is 0 Å². The zero-order valence-corrected chi connectivity index (χ0v) is 14.2. The molecule has 1 saturated heterocycles. The molecule has 10 heteroatoms. The van der Waals surface area contributed by atoms with Crippen LogP contribution in [-0.4, -0.2) is 62.2 Å². The van der Waals surface area contributed by atoms with Gasteiger partial charge in [-0.05, 0) is 30.7 Å². The van der Waals surface area contributed by atoms with Crippen LogP contribution in [0.2, 0.25) is 0 Å². The van der Waals surface area contributed by atoms with Crippen molar-refractivity contribution < 1.29 is 22.4 Å². The predicted molar refractivity (Wildman–Crippen MR) is 90.4 cm³/mol. The Morgan fingerprint density at radius 3 is 2.62 bits per heavy atom. The summed E-state index contributed by atoms with van der Waals surface area (Å²) in [4.78, 5) is 17.2. The molecule has 1 atom stereocenters. The number of hydrogen-bond acceptors (Lipinski definition) is 3. The number of carbonyl (C=O) groups excluding carboxylic acids is 1. The number of rotatable bonds is 5. The highest BCUT2D eigenvalue weighted by atomic mass is 19.4. The van der Waals surface area contributed by atoms with Gasteiger partial charge in [-0.3, -0.25) is 14.7 Å². The fourth-order valence-corrected chi connectivity index (χ4v) is 2.64. The smallest absolute Gasteiger partial charge is 0.352 e. The van der Waals surface area contributed by atoms with Gasteiger partial charge in [0.25, 0.3) is 0 Å². The minimum absolute atomic E-state index is 0.0873. The number of anilines is 1. The topological polar surface area (TPSA) is 68.8 Å². The van der Waals surface area contributed by atoms with Crippen molar-refractivity contribution in [3.63, 3.8) is 0 Å². The molecule has 1 unspecified atom stereocenters. The molecule has 2 rings (SSSR count).